The summed E-state index contributed by atoms with van der Waals surface area (Å²) in [5.74, 6) is 0.285. The highest BCUT2D eigenvalue weighted by Crippen LogP contribution is 2.34. The molecule has 3 heteroatoms. The fraction of sp³-hybridized carbons (Fsp3) is 0.444. The first-order chi connectivity index (χ1) is 10.0. The van der Waals surface area contributed by atoms with Crippen molar-refractivity contribution in [1.82, 2.24) is 9.88 Å². The van der Waals surface area contributed by atoms with Crippen molar-refractivity contribution < 1.29 is 5.11 Å². The van der Waals surface area contributed by atoms with Gasteiger partial charge >= 0.3 is 0 Å². The minimum absolute atomic E-state index is 0.148. The van der Waals surface area contributed by atoms with E-state index in [1.165, 1.54) is 11.1 Å². The van der Waals surface area contributed by atoms with Gasteiger partial charge in [-0.2, -0.15) is 0 Å². The highest BCUT2D eigenvalue weighted by atomic mass is 16.3. The zero-order valence-electron chi connectivity index (χ0n) is 13.2. The van der Waals surface area contributed by atoms with Gasteiger partial charge in [0.05, 0.1) is 0 Å². The number of aliphatic hydroxyl groups excluding tert-OH is 1. The van der Waals surface area contributed by atoms with E-state index in [-0.39, 0.29) is 17.9 Å². The van der Waals surface area contributed by atoms with Gasteiger partial charge < -0.3 is 15.0 Å². The van der Waals surface area contributed by atoms with Gasteiger partial charge in [0.2, 0.25) is 0 Å². The molecule has 0 bridgehead atoms. The van der Waals surface area contributed by atoms with Crippen LogP contribution in [-0.4, -0.2) is 22.8 Å². The second-order valence-electron chi connectivity index (χ2n) is 6.43. The van der Waals surface area contributed by atoms with E-state index in [2.05, 4.69) is 66.5 Å². The number of nitrogens with one attached hydrogen (secondary N) is 1. The summed E-state index contributed by atoms with van der Waals surface area (Å²) in [6, 6.07) is 12.6. The van der Waals surface area contributed by atoms with Gasteiger partial charge in [0.25, 0.3) is 0 Å². The van der Waals surface area contributed by atoms with Gasteiger partial charge in [-0.15, -0.1) is 0 Å². The Morgan fingerprint density at radius 2 is 1.90 bits per heavy atom. The van der Waals surface area contributed by atoms with Crippen LogP contribution < -0.4 is 5.32 Å². The predicted molar refractivity (Wildman–Crippen MR) is 87.2 cm³/mol. The van der Waals surface area contributed by atoms with Crippen molar-refractivity contribution in [2.24, 2.45) is 12.5 Å². The average Bonchev–Trinajstić information content (AvgIpc) is 2.90. The minimum Gasteiger partial charge on any atom is -0.396 e. The third-order valence-corrected chi connectivity index (χ3v) is 4.12. The molecule has 114 valence electrons. The molecular formula is C18H26N2O. The largest absolute Gasteiger partial charge is 0.396 e. The topological polar surface area (TPSA) is 37.2 Å². The standard InChI is InChI=1S/C18H26N2O/c1-18(2,14-21)17(16-7-5-4-6-8-16)12-19-11-15-9-10-20(3)13-15/h4-10,13,17,19,21H,11-12,14H2,1-3H3. The fourth-order valence-corrected chi connectivity index (χ4v) is 2.67. The maximum atomic E-state index is 9.71. The Bertz CT molecular complexity index is 545. The molecule has 2 rings (SSSR count). The van der Waals surface area contributed by atoms with Gasteiger partial charge in [-0.1, -0.05) is 44.2 Å². The molecule has 0 fully saturated rings. The average molecular weight is 286 g/mol. The highest BCUT2D eigenvalue weighted by molar-refractivity contribution is 5.22. The van der Waals surface area contributed by atoms with Crippen LogP contribution in [0, 0.1) is 5.41 Å². The Labute approximate surface area is 127 Å². The molecular weight excluding hydrogens is 260 g/mol. The molecule has 0 aliphatic carbocycles. The molecule has 2 N–H and O–H groups in total. The first-order valence-electron chi connectivity index (χ1n) is 7.50. The van der Waals surface area contributed by atoms with Gasteiger partial charge in [0.15, 0.2) is 0 Å². The lowest BCUT2D eigenvalue weighted by Crippen LogP contribution is -2.34. The summed E-state index contributed by atoms with van der Waals surface area (Å²) in [4.78, 5) is 0. The third kappa shape index (κ3) is 4.19. The van der Waals surface area contributed by atoms with E-state index < -0.39 is 0 Å². The quantitative estimate of drug-likeness (QED) is 0.821. The van der Waals surface area contributed by atoms with Crippen LogP contribution in [0.1, 0.15) is 30.9 Å². The van der Waals surface area contributed by atoms with Crippen molar-refractivity contribution in [3.8, 4) is 0 Å². The molecule has 1 heterocycles. The van der Waals surface area contributed by atoms with Crippen LogP contribution >= 0.6 is 0 Å². The number of hydrogen-bond donors (Lipinski definition) is 2. The second-order valence-corrected chi connectivity index (χ2v) is 6.43. The minimum atomic E-state index is -0.148. The van der Waals surface area contributed by atoms with Gasteiger partial charge in [0.1, 0.15) is 0 Å². The summed E-state index contributed by atoms with van der Waals surface area (Å²) < 4.78 is 2.06. The first kappa shape index (κ1) is 15.8. The Morgan fingerprint density at radius 3 is 2.48 bits per heavy atom. The first-order valence-corrected chi connectivity index (χ1v) is 7.50. The summed E-state index contributed by atoms with van der Waals surface area (Å²) in [7, 11) is 2.03. The summed E-state index contributed by atoms with van der Waals surface area (Å²) in [6.45, 7) is 6.13. The number of aryl methyl sites for hydroxylation is 1. The lowest BCUT2D eigenvalue weighted by molar-refractivity contribution is 0.129. The van der Waals surface area contributed by atoms with E-state index >= 15 is 0 Å². The van der Waals surface area contributed by atoms with Crippen LogP contribution in [0.2, 0.25) is 0 Å². The van der Waals surface area contributed by atoms with Crippen molar-refractivity contribution in [3.63, 3.8) is 0 Å². The smallest absolute Gasteiger partial charge is 0.0488 e. The molecule has 1 aromatic heterocycles. The Balaban J connectivity index is 2.03. The second kappa shape index (κ2) is 6.92. The summed E-state index contributed by atoms with van der Waals surface area (Å²) in [5, 5.41) is 13.2. The zero-order valence-corrected chi connectivity index (χ0v) is 13.2. The Kier molecular flexibility index (Phi) is 5.21. The van der Waals surface area contributed by atoms with E-state index in [0.29, 0.717) is 0 Å². The van der Waals surface area contributed by atoms with Gasteiger partial charge in [-0.25, -0.2) is 0 Å². The van der Waals surface area contributed by atoms with E-state index in [1.54, 1.807) is 0 Å². The SMILES string of the molecule is Cn1ccc(CNCC(c2ccccc2)C(C)(C)CO)c1. The lowest BCUT2D eigenvalue weighted by Gasteiger charge is -2.33. The van der Waals surface area contributed by atoms with Crippen molar-refractivity contribution in [3.05, 3.63) is 59.9 Å². The molecule has 0 aliphatic heterocycles. The van der Waals surface area contributed by atoms with Crippen molar-refractivity contribution in [2.45, 2.75) is 26.3 Å². The molecule has 0 saturated heterocycles. The van der Waals surface area contributed by atoms with E-state index in [1.807, 2.05) is 13.1 Å². The van der Waals surface area contributed by atoms with Crippen LogP contribution in [0.5, 0.6) is 0 Å². The van der Waals surface area contributed by atoms with Gasteiger partial charge in [-0.05, 0) is 22.6 Å². The summed E-state index contributed by atoms with van der Waals surface area (Å²) in [6.07, 6.45) is 4.19. The summed E-state index contributed by atoms with van der Waals surface area (Å²) in [5.41, 5.74) is 2.41. The number of rotatable bonds is 7. The molecule has 0 saturated carbocycles. The Hall–Kier alpha value is -1.58. The molecule has 1 aromatic carbocycles. The number of aromatic nitrogens is 1. The van der Waals surface area contributed by atoms with Gasteiger partial charge in [0, 0.05) is 45.1 Å². The van der Waals surface area contributed by atoms with Crippen molar-refractivity contribution in [2.75, 3.05) is 13.2 Å². The van der Waals surface area contributed by atoms with Gasteiger partial charge in [-0.3, -0.25) is 0 Å². The molecule has 0 aliphatic rings. The molecule has 1 unspecified atom stereocenters. The third-order valence-electron chi connectivity index (χ3n) is 4.12. The lowest BCUT2D eigenvalue weighted by atomic mass is 9.75. The van der Waals surface area contributed by atoms with Crippen LogP contribution in [0.4, 0.5) is 0 Å². The molecule has 0 spiro atoms. The van der Waals surface area contributed by atoms with Crippen LogP contribution in [-0.2, 0) is 13.6 Å². The predicted octanol–water partition coefficient (Wildman–Crippen LogP) is 2.92. The number of benzene rings is 1. The molecule has 21 heavy (non-hydrogen) atoms. The van der Waals surface area contributed by atoms with E-state index in [4.69, 9.17) is 0 Å². The normalized spacial score (nSPS) is 13.3. The van der Waals surface area contributed by atoms with Crippen LogP contribution in [0.25, 0.3) is 0 Å². The highest BCUT2D eigenvalue weighted by Gasteiger charge is 2.29. The van der Waals surface area contributed by atoms with Crippen molar-refractivity contribution >= 4 is 0 Å². The summed E-state index contributed by atoms with van der Waals surface area (Å²) >= 11 is 0. The van der Waals surface area contributed by atoms with Crippen LogP contribution in [0.15, 0.2) is 48.8 Å². The molecule has 0 amide bonds. The molecule has 0 radical (unpaired) electrons. The maximum absolute atomic E-state index is 9.71. The van der Waals surface area contributed by atoms with Crippen LogP contribution in [0.3, 0.4) is 0 Å². The number of nitrogens with zero attached hydrogens (tertiary/aromatic N) is 1. The van der Waals surface area contributed by atoms with E-state index in [9.17, 15) is 5.11 Å². The monoisotopic (exact) mass is 286 g/mol. The number of aliphatic hydroxyl groups is 1. The zero-order chi connectivity index (χ0) is 15.3. The molecule has 3 nitrogen and oxygen atoms in total. The van der Waals surface area contributed by atoms with E-state index in [0.717, 1.165) is 13.1 Å². The molecule has 1 atom stereocenters. The molecule has 2 aromatic rings. The van der Waals surface area contributed by atoms with Crippen molar-refractivity contribution in [1.29, 1.82) is 0 Å². The Morgan fingerprint density at radius 1 is 1.19 bits per heavy atom. The maximum Gasteiger partial charge on any atom is 0.0488 e. The number of hydrogen-bond acceptors (Lipinski definition) is 2. The fourth-order valence-electron chi connectivity index (χ4n) is 2.67.